The van der Waals surface area contributed by atoms with Gasteiger partial charge in [0.2, 0.25) is 5.75 Å². The lowest BCUT2D eigenvalue weighted by molar-refractivity contribution is -0.383. The van der Waals surface area contributed by atoms with Crippen LogP contribution in [0.25, 0.3) is 11.0 Å². The Morgan fingerprint density at radius 2 is 2.00 bits per heavy atom. The second-order valence-corrected chi connectivity index (χ2v) is 4.87. The maximum atomic E-state index is 12.1. The maximum absolute atomic E-state index is 12.1. The van der Waals surface area contributed by atoms with E-state index in [0.717, 1.165) is 6.07 Å². The molecule has 24 heavy (non-hydrogen) atoms. The molecule has 0 radical (unpaired) electrons. The number of nitro groups is 1. The van der Waals surface area contributed by atoms with Crippen LogP contribution in [0.15, 0.2) is 15.3 Å². The Balaban J connectivity index is 2.98. The largest absolute Gasteiger partial charge is 0.492 e. The predicted molar refractivity (Wildman–Crippen MR) is 82.4 cm³/mol. The van der Waals surface area contributed by atoms with Crippen molar-refractivity contribution in [1.82, 2.24) is 0 Å². The highest BCUT2D eigenvalue weighted by Crippen LogP contribution is 2.42. The number of carbonyl (C=O) groups excluding carboxylic acids is 1. The summed E-state index contributed by atoms with van der Waals surface area (Å²) in [5.74, 6) is -0.500. The van der Waals surface area contributed by atoms with E-state index < -0.39 is 16.5 Å². The van der Waals surface area contributed by atoms with E-state index in [-0.39, 0.29) is 45.9 Å². The second-order valence-electron chi connectivity index (χ2n) is 4.87. The zero-order chi connectivity index (χ0) is 18.0. The van der Waals surface area contributed by atoms with E-state index in [9.17, 15) is 19.7 Å². The summed E-state index contributed by atoms with van der Waals surface area (Å²) in [5, 5.41) is 11.5. The van der Waals surface area contributed by atoms with E-state index in [1.807, 2.05) is 0 Å². The molecule has 0 saturated carbocycles. The van der Waals surface area contributed by atoms with Gasteiger partial charge in [0.1, 0.15) is 12.0 Å². The summed E-state index contributed by atoms with van der Waals surface area (Å²) in [5.41, 5.74) is -0.911. The van der Waals surface area contributed by atoms with Crippen LogP contribution in [0.4, 0.5) is 5.69 Å². The molecule has 128 valence electrons. The van der Waals surface area contributed by atoms with Crippen molar-refractivity contribution in [1.29, 1.82) is 0 Å². The lowest BCUT2D eigenvalue weighted by Gasteiger charge is -2.13. The van der Waals surface area contributed by atoms with Gasteiger partial charge in [0.05, 0.1) is 25.2 Å². The Labute approximate surface area is 135 Å². The van der Waals surface area contributed by atoms with Gasteiger partial charge in [-0.3, -0.25) is 14.9 Å². The number of methoxy groups -OCH3 is 2. The van der Waals surface area contributed by atoms with E-state index in [4.69, 9.17) is 18.6 Å². The fourth-order valence-corrected chi connectivity index (χ4v) is 2.32. The molecule has 0 bridgehead atoms. The van der Waals surface area contributed by atoms with Gasteiger partial charge in [0.15, 0.2) is 11.3 Å². The van der Waals surface area contributed by atoms with Crippen LogP contribution in [0, 0.1) is 17.0 Å². The standard InChI is InChI=1S/C15H15NO8/c1-7-9(6-23-8(2)17)12-10(16(19)20)5-11(21-3)13(22-4)14(12)24-15(7)18/h5H,6H2,1-4H3. The molecule has 1 aromatic carbocycles. The van der Waals surface area contributed by atoms with Crippen LogP contribution in [0.3, 0.4) is 0 Å². The van der Waals surface area contributed by atoms with Crippen molar-refractivity contribution < 1.29 is 28.3 Å². The minimum Gasteiger partial charge on any atom is -0.492 e. The topological polar surface area (TPSA) is 118 Å². The molecule has 9 nitrogen and oxygen atoms in total. The number of rotatable bonds is 5. The molecule has 0 atom stereocenters. The number of nitro benzene ring substituents is 1. The first-order valence-corrected chi connectivity index (χ1v) is 6.80. The highest BCUT2D eigenvalue weighted by atomic mass is 16.6. The zero-order valence-corrected chi connectivity index (χ0v) is 13.5. The number of non-ortho nitro benzene ring substituents is 1. The molecule has 0 fully saturated rings. The number of hydrogen-bond acceptors (Lipinski definition) is 8. The Morgan fingerprint density at radius 1 is 1.33 bits per heavy atom. The van der Waals surface area contributed by atoms with Gasteiger partial charge in [-0.05, 0) is 6.92 Å². The first-order chi connectivity index (χ1) is 11.3. The molecule has 0 N–H and O–H groups in total. The number of ether oxygens (including phenoxy) is 3. The van der Waals surface area contributed by atoms with E-state index in [2.05, 4.69) is 0 Å². The number of benzene rings is 1. The highest BCUT2D eigenvalue weighted by molar-refractivity contribution is 5.96. The first kappa shape index (κ1) is 17.3. The van der Waals surface area contributed by atoms with Crippen molar-refractivity contribution >= 4 is 22.6 Å². The molecule has 0 aliphatic carbocycles. The van der Waals surface area contributed by atoms with Crippen LogP contribution in [0.1, 0.15) is 18.1 Å². The monoisotopic (exact) mass is 337 g/mol. The fraction of sp³-hybridized carbons (Fsp3) is 0.333. The van der Waals surface area contributed by atoms with Gasteiger partial charge < -0.3 is 18.6 Å². The number of esters is 1. The Bertz CT molecular complexity index is 883. The van der Waals surface area contributed by atoms with Crippen LogP contribution >= 0.6 is 0 Å². The van der Waals surface area contributed by atoms with Crippen LogP contribution in [-0.4, -0.2) is 25.1 Å². The summed E-state index contributed by atoms with van der Waals surface area (Å²) < 4.78 is 20.4. The van der Waals surface area contributed by atoms with Crippen molar-refractivity contribution in [2.75, 3.05) is 14.2 Å². The predicted octanol–water partition coefficient (Wildman–Crippen LogP) is 2.09. The molecule has 0 spiro atoms. The Kier molecular flexibility index (Phi) is 4.72. The van der Waals surface area contributed by atoms with Gasteiger partial charge in [-0.2, -0.15) is 0 Å². The van der Waals surface area contributed by atoms with Gasteiger partial charge in [-0.15, -0.1) is 0 Å². The minimum absolute atomic E-state index is 0.0241. The maximum Gasteiger partial charge on any atom is 0.339 e. The molecule has 1 heterocycles. The highest BCUT2D eigenvalue weighted by Gasteiger charge is 2.27. The van der Waals surface area contributed by atoms with Gasteiger partial charge in [0.25, 0.3) is 5.69 Å². The smallest absolute Gasteiger partial charge is 0.339 e. The summed E-state index contributed by atoms with van der Waals surface area (Å²) in [6.07, 6.45) is 0. The van der Waals surface area contributed by atoms with Crippen molar-refractivity contribution in [3.8, 4) is 11.5 Å². The zero-order valence-electron chi connectivity index (χ0n) is 13.5. The Morgan fingerprint density at radius 3 is 2.50 bits per heavy atom. The summed E-state index contributed by atoms with van der Waals surface area (Å²) >= 11 is 0. The Hall–Kier alpha value is -3.10. The van der Waals surface area contributed by atoms with Crippen LogP contribution in [0.5, 0.6) is 11.5 Å². The summed E-state index contributed by atoms with van der Waals surface area (Å²) in [6, 6.07) is 1.16. The molecule has 0 aliphatic rings. The number of carbonyl (C=O) groups is 1. The molecule has 9 heteroatoms. The van der Waals surface area contributed by atoms with Gasteiger partial charge in [0, 0.05) is 18.1 Å². The second kappa shape index (κ2) is 6.57. The molecule has 1 aromatic heterocycles. The first-order valence-electron chi connectivity index (χ1n) is 6.80. The SMILES string of the molecule is COc1cc([N+](=O)[O-])c2c(COC(C)=O)c(C)c(=O)oc2c1OC. The summed E-state index contributed by atoms with van der Waals surface area (Å²) in [4.78, 5) is 34.0. The number of hydrogen-bond donors (Lipinski definition) is 0. The van der Waals surface area contributed by atoms with Crippen molar-refractivity contribution in [2.45, 2.75) is 20.5 Å². The van der Waals surface area contributed by atoms with Crippen LogP contribution in [-0.2, 0) is 16.1 Å². The van der Waals surface area contributed by atoms with E-state index in [0.29, 0.717) is 0 Å². The summed E-state index contributed by atoms with van der Waals surface area (Å²) in [7, 11) is 2.62. The molecule has 0 unspecified atom stereocenters. The minimum atomic E-state index is -0.717. The van der Waals surface area contributed by atoms with Crippen LogP contribution in [0.2, 0.25) is 0 Å². The molecule has 0 amide bonds. The third kappa shape index (κ3) is 2.87. The van der Waals surface area contributed by atoms with Crippen molar-refractivity contribution in [3.63, 3.8) is 0 Å². The van der Waals surface area contributed by atoms with E-state index in [1.165, 1.54) is 28.1 Å². The number of fused-ring (bicyclic) bond motifs is 1. The molecular weight excluding hydrogens is 322 g/mol. The third-order valence-corrected chi connectivity index (χ3v) is 3.48. The lowest BCUT2D eigenvalue weighted by atomic mass is 10.0. The summed E-state index contributed by atoms with van der Waals surface area (Å²) in [6.45, 7) is 2.32. The van der Waals surface area contributed by atoms with Gasteiger partial charge in [-0.1, -0.05) is 0 Å². The van der Waals surface area contributed by atoms with Gasteiger partial charge >= 0.3 is 11.6 Å². The quantitative estimate of drug-likeness (QED) is 0.352. The normalized spacial score (nSPS) is 10.5. The van der Waals surface area contributed by atoms with Crippen molar-refractivity contribution in [2.24, 2.45) is 0 Å². The average Bonchev–Trinajstić information content (AvgIpc) is 2.53. The molecule has 2 aromatic rings. The molecular formula is C15H15NO8. The fourth-order valence-electron chi connectivity index (χ4n) is 2.32. The lowest BCUT2D eigenvalue weighted by Crippen LogP contribution is -2.12. The molecule has 2 rings (SSSR count). The average molecular weight is 337 g/mol. The van der Waals surface area contributed by atoms with E-state index >= 15 is 0 Å². The van der Waals surface area contributed by atoms with Crippen molar-refractivity contribution in [3.05, 3.63) is 37.7 Å². The third-order valence-electron chi connectivity index (χ3n) is 3.48. The van der Waals surface area contributed by atoms with Gasteiger partial charge in [-0.25, -0.2) is 4.79 Å². The van der Waals surface area contributed by atoms with E-state index in [1.54, 1.807) is 0 Å². The molecule has 0 aliphatic heterocycles. The molecule has 0 saturated heterocycles. The number of nitrogens with zero attached hydrogens (tertiary/aromatic N) is 1. The van der Waals surface area contributed by atoms with Crippen LogP contribution < -0.4 is 15.1 Å².